The third-order valence-corrected chi connectivity index (χ3v) is 2.02. The maximum atomic E-state index is 4.50. The average Bonchev–Trinajstić information content (AvgIpc) is 2.49. The number of nitrogens with zero attached hydrogens (tertiary/aromatic N) is 1. The Morgan fingerprint density at radius 2 is 2.17 bits per heavy atom. The molecule has 2 aromatic heterocycles. The number of aromatic nitrogens is 2. The van der Waals surface area contributed by atoms with Crippen molar-refractivity contribution < 1.29 is 1.43 Å². The van der Waals surface area contributed by atoms with Gasteiger partial charge in [-0.1, -0.05) is 13.8 Å². The first-order valence-corrected chi connectivity index (χ1v) is 4.21. The summed E-state index contributed by atoms with van der Waals surface area (Å²) in [6, 6.07) is 6.16. The van der Waals surface area contributed by atoms with Gasteiger partial charge >= 0.3 is 0 Å². The molecule has 2 heterocycles. The first-order valence-electron chi connectivity index (χ1n) is 4.21. The Labute approximate surface area is 73.1 Å². The molecule has 0 spiro atoms. The molecule has 0 aliphatic carbocycles. The van der Waals surface area contributed by atoms with Gasteiger partial charge in [-0.15, -0.1) is 0 Å². The molecule has 0 aliphatic rings. The summed E-state index contributed by atoms with van der Waals surface area (Å²) >= 11 is 0. The number of rotatable bonds is 1. The zero-order chi connectivity index (χ0) is 8.55. The van der Waals surface area contributed by atoms with Gasteiger partial charge in [0.05, 0.1) is 11.0 Å². The molecular weight excluding hydrogens is 148 g/mol. The highest BCUT2D eigenvalue weighted by Crippen LogP contribution is 2.15. The molecule has 0 aromatic carbocycles. The van der Waals surface area contributed by atoms with Gasteiger partial charge in [-0.3, -0.25) is 4.98 Å². The quantitative estimate of drug-likeness (QED) is 0.686. The average molecular weight is 162 g/mol. The standard InChI is InChI=1S/C10H12N2.H2/c1-7(2)8-3-4-9-10(12-8)5-6-11-9;/h3-7,11H,1-2H3;1H. The van der Waals surface area contributed by atoms with Crippen molar-refractivity contribution in [3.05, 3.63) is 30.1 Å². The van der Waals surface area contributed by atoms with Gasteiger partial charge < -0.3 is 4.98 Å². The Hall–Kier alpha value is -1.31. The van der Waals surface area contributed by atoms with Crippen molar-refractivity contribution in [2.45, 2.75) is 19.8 Å². The minimum atomic E-state index is 0. The van der Waals surface area contributed by atoms with Gasteiger partial charge in [-0.25, -0.2) is 0 Å². The van der Waals surface area contributed by atoms with Crippen LogP contribution < -0.4 is 0 Å². The third-order valence-electron chi connectivity index (χ3n) is 2.02. The fourth-order valence-electron chi connectivity index (χ4n) is 1.27. The monoisotopic (exact) mass is 162 g/mol. The second-order valence-corrected chi connectivity index (χ2v) is 3.30. The largest absolute Gasteiger partial charge is 0.360 e. The van der Waals surface area contributed by atoms with Crippen molar-refractivity contribution in [1.29, 1.82) is 0 Å². The van der Waals surface area contributed by atoms with E-state index in [1.807, 2.05) is 12.3 Å². The lowest BCUT2D eigenvalue weighted by Gasteiger charge is -2.02. The molecule has 2 rings (SSSR count). The summed E-state index contributed by atoms with van der Waals surface area (Å²) in [7, 11) is 0. The van der Waals surface area contributed by atoms with E-state index < -0.39 is 0 Å². The highest BCUT2D eigenvalue weighted by Gasteiger charge is 2.01. The third kappa shape index (κ3) is 1.09. The lowest BCUT2D eigenvalue weighted by molar-refractivity contribution is 0.830. The molecule has 64 valence electrons. The Balaban J connectivity index is 0.000000845. The van der Waals surface area contributed by atoms with E-state index in [1.165, 1.54) is 0 Å². The fourth-order valence-corrected chi connectivity index (χ4v) is 1.27. The molecule has 0 radical (unpaired) electrons. The van der Waals surface area contributed by atoms with E-state index in [0.29, 0.717) is 5.92 Å². The van der Waals surface area contributed by atoms with Crippen molar-refractivity contribution >= 4 is 11.0 Å². The number of hydrogen-bond acceptors (Lipinski definition) is 1. The first-order chi connectivity index (χ1) is 5.77. The molecule has 0 amide bonds. The van der Waals surface area contributed by atoms with Gasteiger partial charge in [-0.2, -0.15) is 0 Å². The van der Waals surface area contributed by atoms with E-state index in [2.05, 4.69) is 35.9 Å². The van der Waals surface area contributed by atoms with Crippen molar-refractivity contribution in [3.63, 3.8) is 0 Å². The maximum Gasteiger partial charge on any atom is 0.0882 e. The molecule has 0 bridgehead atoms. The van der Waals surface area contributed by atoms with E-state index in [4.69, 9.17) is 0 Å². The lowest BCUT2D eigenvalue weighted by Crippen LogP contribution is -1.90. The summed E-state index contributed by atoms with van der Waals surface area (Å²) in [4.78, 5) is 7.63. The van der Waals surface area contributed by atoms with Crippen LogP contribution in [0.2, 0.25) is 0 Å². The number of nitrogens with one attached hydrogen (secondary N) is 1. The van der Waals surface area contributed by atoms with Gasteiger partial charge in [0.1, 0.15) is 0 Å². The molecule has 1 N–H and O–H groups in total. The molecule has 0 saturated carbocycles. The van der Waals surface area contributed by atoms with Gasteiger partial charge in [0.2, 0.25) is 0 Å². The zero-order valence-electron chi connectivity index (χ0n) is 7.33. The molecule has 2 aromatic rings. The van der Waals surface area contributed by atoms with Crippen molar-refractivity contribution in [2.24, 2.45) is 0 Å². The van der Waals surface area contributed by atoms with Crippen LogP contribution in [0, 0.1) is 0 Å². The predicted molar refractivity (Wildman–Crippen MR) is 52.3 cm³/mol. The van der Waals surface area contributed by atoms with Crippen LogP contribution in [0.5, 0.6) is 0 Å². The Bertz CT molecular complexity index is 392. The predicted octanol–water partition coefficient (Wildman–Crippen LogP) is 2.93. The van der Waals surface area contributed by atoms with Crippen LogP contribution in [0.4, 0.5) is 0 Å². The highest BCUT2D eigenvalue weighted by molar-refractivity contribution is 5.74. The van der Waals surface area contributed by atoms with Crippen LogP contribution in [0.25, 0.3) is 11.0 Å². The van der Waals surface area contributed by atoms with Gasteiger partial charge in [-0.05, 0) is 24.1 Å². The van der Waals surface area contributed by atoms with Crippen LogP contribution in [-0.4, -0.2) is 9.97 Å². The van der Waals surface area contributed by atoms with Crippen LogP contribution in [0.15, 0.2) is 24.4 Å². The van der Waals surface area contributed by atoms with Crippen molar-refractivity contribution in [3.8, 4) is 0 Å². The molecule has 2 heteroatoms. The summed E-state index contributed by atoms with van der Waals surface area (Å²) in [6.45, 7) is 4.31. The van der Waals surface area contributed by atoms with Crippen LogP contribution in [0.1, 0.15) is 26.9 Å². The summed E-state index contributed by atoms with van der Waals surface area (Å²) < 4.78 is 0. The molecule has 0 fully saturated rings. The molecule has 12 heavy (non-hydrogen) atoms. The molecular formula is C10H14N2. The van der Waals surface area contributed by atoms with E-state index >= 15 is 0 Å². The lowest BCUT2D eigenvalue weighted by atomic mass is 10.1. The second-order valence-electron chi connectivity index (χ2n) is 3.30. The van der Waals surface area contributed by atoms with E-state index in [9.17, 15) is 0 Å². The Kier molecular flexibility index (Phi) is 1.61. The smallest absolute Gasteiger partial charge is 0.0882 e. The van der Waals surface area contributed by atoms with Crippen molar-refractivity contribution in [1.82, 2.24) is 9.97 Å². The first kappa shape index (κ1) is 7.35. The topological polar surface area (TPSA) is 28.7 Å². The van der Waals surface area contributed by atoms with E-state index in [-0.39, 0.29) is 1.43 Å². The number of hydrogen-bond donors (Lipinski definition) is 1. The number of pyridine rings is 1. The van der Waals surface area contributed by atoms with E-state index in [1.54, 1.807) is 0 Å². The second kappa shape index (κ2) is 2.63. The summed E-state index contributed by atoms with van der Waals surface area (Å²) in [5.41, 5.74) is 3.32. The Morgan fingerprint density at radius 1 is 1.33 bits per heavy atom. The number of aromatic amines is 1. The molecule has 2 nitrogen and oxygen atoms in total. The maximum absolute atomic E-state index is 4.50. The molecule has 0 saturated heterocycles. The van der Waals surface area contributed by atoms with Gasteiger partial charge in [0.15, 0.2) is 0 Å². The van der Waals surface area contributed by atoms with Crippen LogP contribution in [0.3, 0.4) is 0 Å². The Morgan fingerprint density at radius 3 is 2.92 bits per heavy atom. The normalized spacial score (nSPS) is 11.2. The zero-order valence-corrected chi connectivity index (χ0v) is 7.33. The number of fused-ring (bicyclic) bond motifs is 1. The minimum absolute atomic E-state index is 0. The molecule has 0 aliphatic heterocycles. The van der Waals surface area contributed by atoms with Crippen molar-refractivity contribution in [2.75, 3.05) is 0 Å². The van der Waals surface area contributed by atoms with Crippen LogP contribution in [-0.2, 0) is 0 Å². The minimum Gasteiger partial charge on any atom is -0.360 e. The van der Waals surface area contributed by atoms with Gasteiger partial charge in [0.25, 0.3) is 0 Å². The summed E-state index contributed by atoms with van der Waals surface area (Å²) in [5, 5.41) is 0. The van der Waals surface area contributed by atoms with Crippen LogP contribution >= 0.6 is 0 Å². The fraction of sp³-hybridized carbons (Fsp3) is 0.300. The summed E-state index contributed by atoms with van der Waals surface area (Å²) in [6.07, 6.45) is 1.92. The highest BCUT2D eigenvalue weighted by atomic mass is 14.8. The SMILES string of the molecule is CC(C)c1ccc2[nH]ccc2n1.[HH]. The number of H-pyrrole nitrogens is 1. The van der Waals surface area contributed by atoms with E-state index in [0.717, 1.165) is 16.7 Å². The summed E-state index contributed by atoms with van der Waals surface area (Å²) in [5.74, 6) is 0.504. The molecule has 0 unspecified atom stereocenters. The molecule has 0 atom stereocenters. The van der Waals surface area contributed by atoms with Gasteiger partial charge in [0, 0.05) is 13.3 Å².